The maximum atomic E-state index is 12.7. The predicted molar refractivity (Wildman–Crippen MR) is 131 cm³/mol. The Morgan fingerprint density at radius 1 is 1.07 bits per heavy atom. The number of nitrogens with zero attached hydrogens (tertiary/aromatic N) is 4. The van der Waals surface area contributed by atoms with Gasteiger partial charge in [0.1, 0.15) is 0 Å². The highest BCUT2D eigenvalue weighted by Crippen LogP contribution is 2.14. The molecular formula is C22H36IN5O2. The molecule has 1 unspecified atom stereocenters. The van der Waals surface area contributed by atoms with Crippen molar-refractivity contribution in [3.63, 3.8) is 0 Å². The molecule has 0 aliphatic carbocycles. The molecule has 8 heteroatoms. The van der Waals surface area contributed by atoms with E-state index in [1.807, 2.05) is 18.0 Å². The number of carbonyl (C=O) groups excluding carboxylic acids is 1. The number of likely N-dealkylation sites (tertiary alicyclic amines) is 1. The lowest BCUT2D eigenvalue weighted by atomic mass is 10.1. The van der Waals surface area contributed by atoms with Gasteiger partial charge in [-0.2, -0.15) is 0 Å². The van der Waals surface area contributed by atoms with Crippen molar-refractivity contribution < 1.29 is 9.53 Å². The molecule has 7 nitrogen and oxygen atoms in total. The molecule has 30 heavy (non-hydrogen) atoms. The largest absolute Gasteiger partial charge is 0.380 e. The van der Waals surface area contributed by atoms with Gasteiger partial charge in [-0.25, -0.2) is 0 Å². The van der Waals surface area contributed by atoms with Crippen LogP contribution in [0.5, 0.6) is 0 Å². The van der Waals surface area contributed by atoms with E-state index in [1.54, 1.807) is 7.11 Å². The number of ether oxygens (including phenoxy) is 1. The molecule has 1 aromatic rings. The molecule has 168 valence electrons. The third-order valence-corrected chi connectivity index (χ3v) is 6.00. The number of methoxy groups -OCH3 is 1. The van der Waals surface area contributed by atoms with Crippen LogP contribution in [0.2, 0.25) is 0 Å². The fraction of sp³-hybridized carbons (Fsp3) is 0.636. The third-order valence-electron chi connectivity index (χ3n) is 6.00. The van der Waals surface area contributed by atoms with Crippen molar-refractivity contribution in [2.75, 3.05) is 53.4 Å². The zero-order chi connectivity index (χ0) is 20.6. The summed E-state index contributed by atoms with van der Waals surface area (Å²) in [6, 6.07) is 8.28. The van der Waals surface area contributed by atoms with E-state index in [2.05, 4.69) is 45.2 Å². The lowest BCUT2D eigenvalue weighted by molar-refractivity contribution is -0.135. The number of hydrogen-bond acceptors (Lipinski definition) is 4. The van der Waals surface area contributed by atoms with Crippen molar-refractivity contribution in [1.82, 2.24) is 20.0 Å². The van der Waals surface area contributed by atoms with E-state index < -0.39 is 0 Å². The summed E-state index contributed by atoms with van der Waals surface area (Å²) >= 11 is 0. The number of benzene rings is 1. The van der Waals surface area contributed by atoms with E-state index >= 15 is 0 Å². The molecule has 0 aromatic heterocycles. The van der Waals surface area contributed by atoms with Gasteiger partial charge in [-0.3, -0.25) is 14.7 Å². The van der Waals surface area contributed by atoms with Crippen LogP contribution in [-0.2, 0) is 22.7 Å². The van der Waals surface area contributed by atoms with Crippen LogP contribution in [0.4, 0.5) is 0 Å². The predicted octanol–water partition coefficient (Wildman–Crippen LogP) is 2.15. The summed E-state index contributed by atoms with van der Waals surface area (Å²) in [7, 11) is 3.55. The minimum absolute atomic E-state index is 0. The Bertz CT molecular complexity index is 701. The van der Waals surface area contributed by atoms with Crippen LogP contribution in [0.15, 0.2) is 29.3 Å². The number of halogens is 1. The van der Waals surface area contributed by atoms with E-state index in [4.69, 9.17) is 4.74 Å². The summed E-state index contributed by atoms with van der Waals surface area (Å²) < 4.78 is 5.30. The van der Waals surface area contributed by atoms with Crippen LogP contribution in [0.1, 0.15) is 30.9 Å². The van der Waals surface area contributed by atoms with Gasteiger partial charge < -0.3 is 19.9 Å². The monoisotopic (exact) mass is 529 g/mol. The van der Waals surface area contributed by atoms with Gasteiger partial charge in [0.25, 0.3) is 0 Å². The van der Waals surface area contributed by atoms with Gasteiger partial charge >= 0.3 is 0 Å². The van der Waals surface area contributed by atoms with Crippen LogP contribution in [-0.4, -0.2) is 86.0 Å². The number of nitrogens with one attached hydrogen (secondary N) is 1. The second kappa shape index (κ2) is 12.5. The van der Waals surface area contributed by atoms with E-state index in [0.29, 0.717) is 6.61 Å². The van der Waals surface area contributed by atoms with Crippen LogP contribution in [0.3, 0.4) is 0 Å². The first kappa shape index (κ1) is 24.9. The van der Waals surface area contributed by atoms with Crippen molar-refractivity contribution in [2.45, 2.75) is 39.0 Å². The molecule has 0 bridgehead atoms. The molecule has 0 spiro atoms. The number of hydrogen-bond donors (Lipinski definition) is 1. The highest BCUT2D eigenvalue weighted by molar-refractivity contribution is 14.0. The number of rotatable bonds is 6. The highest BCUT2D eigenvalue weighted by atomic mass is 127. The minimum atomic E-state index is -0.0360. The summed E-state index contributed by atoms with van der Waals surface area (Å²) in [5.74, 6) is 1.20. The molecular weight excluding hydrogens is 493 g/mol. The van der Waals surface area contributed by atoms with Crippen LogP contribution in [0.25, 0.3) is 0 Å². The van der Waals surface area contributed by atoms with Crippen molar-refractivity contribution in [3.05, 3.63) is 35.4 Å². The second-order valence-electron chi connectivity index (χ2n) is 7.83. The molecule has 2 fully saturated rings. The molecule has 0 saturated carbocycles. The standard InChI is InChI=1S/C22H35N5O2.HI/c1-18(21(28)26-10-6-7-11-26)25-12-14-27(15-13-25)22(23-2)24-16-19-8-4-5-9-20(19)17-29-3;/h4-5,8-9,18H,6-7,10-17H2,1-3H3,(H,23,24);1H. The molecule has 1 N–H and O–H groups in total. The van der Waals surface area contributed by atoms with E-state index in [-0.39, 0.29) is 35.9 Å². The van der Waals surface area contributed by atoms with Gasteiger partial charge in [-0.15, -0.1) is 24.0 Å². The topological polar surface area (TPSA) is 60.4 Å². The van der Waals surface area contributed by atoms with Crippen LogP contribution in [0, 0.1) is 0 Å². The van der Waals surface area contributed by atoms with Gasteiger partial charge in [0.2, 0.25) is 5.91 Å². The maximum Gasteiger partial charge on any atom is 0.239 e. The number of guanidine groups is 1. The molecule has 2 saturated heterocycles. The molecule has 2 aliphatic rings. The average Bonchev–Trinajstić information content (AvgIpc) is 3.30. The normalized spacial score (nSPS) is 18.8. The summed E-state index contributed by atoms with van der Waals surface area (Å²) in [5.41, 5.74) is 2.41. The molecule has 1 aromatic carbocycles. The molecule has 2 aliphatic heterocycles. The zero-order valence-corrected chi connectivity index (χ0v) is 20.8. The van der Waals surface area contributed by atoms with Crippen molar-refractivity contribution in [1.29, 1.82) is 0 Å². The first-order valence-electron chi connectivity index (χ1n) is 10.7. The van der Waals surface area contributed by atoms with Gasteiger partial charge in [-0.1, -0.05) is 24.3 Å². The number of piperazine rings is 1. The van der Waals surface area contributed by atoms with Crippen LogP contribution < -0.4 is 5.32 Å². The van der Waals surface area contributed by atoms with Gasteiger partial charge in [0, 0.05) is 60.0 Å². The lowest BCUT2D eigenvalue weighted by Gasteiger charge is -2.39. The highest BCUT2D eigenvalue weighted by Gasteiger charge is 2.30. The SMILES string of the molecule is CN=C(NCc1ccccc1COC)N1CCN(C(C)C(=O)N2CCCC2)CC1.I. The molecule has 0 radical (unpaired) electrons. The van der Waals surface area contributed by atoms with E-state index in [0.717, 1.165) is 64.6 Å². The Kier molecular flexibility index (Phi) is 10.3. The van der Waals surface area contributed by atoms with E-state index in [1.165, 1.54) is 11.1 Å². The molecule has 2 heterocycles. The second-order valence-corrected chi connectivity index (χ2v) is 7.83. The Morgan fingerprint density at radius 2 is 1.70 bits per heavy atom. The maximum absolute atomic E-state index is 12.7. The molecule has 3 rings (SSSR count). The quantitative estimate of drug-likeness (QED) is 0.348. The number of amides is 1. The fourth-order valence-corrected chi connectivity index (χ4v) is 4.21. The van der Waals surface area contributed by atoms with Gasteiger partial charge in [-0.05, 0) is 30.9 Å². The summed E-state index contributed by atoms with van der Waals surface area (Å²) in [4.78, 5) is 23.8. The number of carbonyl (C=O) groups is 1. The number of aliphatic imine (C=N–C) groups is 1. The summed E-state index contributed by atoms with van der Waals surface area (Å²) in [6.45, 7) is 8.72. The summed E-state index contributed by atoms with van der Waals surface area (Å²) in [5, 5.41) is 3.49. The Labute approximate surface area is 197 Å². The first-order chi connectivity index (χ1) is 14.1. The molecule has 1 atom stereocenters. The van der Waals surface area contributed by atoms with Gasteiger partial charge in [0.05, 0.1) is 12.6 Å². The van der Waals surface area contributed by atoms with Gasteiger partial charge in [0.15, 0.2) is 5.96 Å². The minimum Gasteiger partial charge on any atom is -0.380 e. The van der Waals surface area contributed by atoms with Crippen molar-refractivity contribution in [2.24, 2.45) is 4.99 Å². The Balaban J connectivity index is 0.00000320. The molecule has 1 amide bonds. The van der Waals surface area contributed by atoms with Crippen molar-refractivity contribution in [3.8, 4) is 0 Å². The fourth-order valence-electron chi connectivity index (χ4n) is 4.21. The first-order valence-corrected chi connectivity index (χ1v) is 10.7. The lowest BCUT2D eigenvalue weighted by Crippen LogP contribution is -2.57. The van der Waals surface area contributed by atoms with Crippen molar-refractivity contribution >= 4 is 35.8 Å². The Morgan fingerprint density at radius 3 is 2.30 bits per heavy atom. The average molecular weight is 529 g/mol. The van der Waals surface area contributed by atoms with E-state index in [9.17, 15) is 4.79 Å². The summed E-state index contributed by atoms with van der Waals surface area (Å²) in [6.07, 6.45) is 2.28. The zero-order valence-electron chi connectivity index (χ0n) is 18.5. The smallest absolute Gasteiger partial charge is 0.239 e. The third kappa shape index (κ3) is 6.31. The Hall–Kier alpha value is -1.39. The van der Waals surface area contributed by atoms with Crippen LogP contribution >= 0.6 is 24.0 Å².